The molecule has 1 aromatic rings. The van der Waals surface area contributed by atoms with Crippen LogP contribution in [0.1, 0.15) is 12.5 Å². The lowest BCUT2D eigenvalue weighted by molar-refractivity contribution is -0.139. The summed E-state index contributed by atoms with van der Waals surface area (Å²) >= 11 is 3.08. The van der Waals surface area contributed by atoms with E-state index in [2.05, 4.69) is 15.9 Å². The van der Waals surface area contributed by atoms with Gasteiger partial charge < -0.3 is 15.3 Å². The average Bonchev–Trinajstić information content (AvgIpc) is 2.10. The van der Waals surface area contributed by atoms with Crippen molar-refractivity contribution in [1.29, 1.82) is 0 Å². The van der Waals surface area contributed by atoms with Crippen molar-refractivity contribution in [2.45, 2.75) is 17.7 Å². The Bertz CT molecular complexity index is 387. The highest BCUT2D eigenvalue weighted by Crippen LogP contribution is 2.29. The molecule has 1 rings (SSSR count). The second kappa shape index (κ2) is 4.10. The number of carboxylic acids is 1. The van der Waals surface area contributed by atoms with E-state index in [1.165, 1.54) is 19.1 Å². The first-order chi connectivity index (χ1) is 6.83. The van der Waals surface area contributed by atoms with Gasteiger partial charge in [-0.1, -0.05) is 22.0 Å². The minimum atomic E-state index is -1.07. The van der Waals surface area contributed by atoms with E-state index in [-0.39, 0.29) is 17.9 Å². The molecule has 1 aromatic carbocycles. The minimum Gasteiger partial charge on any atom is -0.504 e. The van der Waals surface area contributed by atoms with E-state index in [4.69, 9.17) is 10.2 Å². The van der Waals surface area contributed by atoms with Gasteiger partial charge in [-0.25, -0.2) is 0 Å². The largest absolute Gasteiger partial charge is 0.504 e. The number of aromatic hydroxyl groups is 2. The molecule has 0 aliphatic carbocycles. The minimum absolute atomic E-state index is 0.217. The first-order valence-corrected chi connectivity index (χ1v) is 5.05. The van der Waals surface area contributed by atoms with E-state index in [9.17, 15) is 9.90 Å². The Morgan fingerprint density at radius 1 is 1.40 bits per heavy atom. The molecule has 0 aliphatic heterocycles. The summed E-state index contributed by atoms with van der Waals surface area (Å²) in [6, 6.07) is 4.24. The number of rotatable bonds is 3. The molecule has 0 bridgehead atoms. The number of hydrogen-bond donors (Lipinski definition) is 3. The topological polar surface area (TPSA) is 77.8 Å². The molecule has 0 amide bonds. The Labute approximate surface area is 95.3 Å². The average molecular weight is 275 g/mol. The van der Waals surface area contributed by atoms with Crippen LogP contribution >= 0.6 is 15.9 Å². The van der Waals surface area contributed by atoms with Gasteiger partial charge in [-0.05, 0) is 31.0 Å². The molecule has 0 saturated carbocycles. The SMILES string of the molecule is C[C@](Br)(Cc1ccc(O)c(O)c1)C(=O)O. The van der Waals surface area contributed by atoms with Crippen LogP contribution < -0.4 is 0 Å². The summed E-state index contributed by atoms with van der Waals surface area (Å²) in [5, 5.41) is 27.2. The summed E-state index contributed by atoms with van der Waals surface area (Å²) < 4.78 is -1.07. The lowest BCUT2D eigenvalue weighted by Gasteiger charge is -2.16. The van der Waals surface area contributed by atoms with Crippen LogP contribution in [0.2, 0.25) is 0 Å². The summed E-state index contributed by atoms with van der Waals surface area (Å²) in [5.74, 6) is -1.44. The zero-order chi connectivity index (χ0) is 11.6. The summed E-state index contributed by atoms with van der Waals surface area (Å²) in [7, 11) is 0. The van der Waals surface area contributed by atoms with Crippen LogP contribution in [-0.2, 0) is 11.2 Å². The van der Waals surface area contributed by atoms with E-state index >= 15 is 0 Å². The third-order valence-corrected chi connectivity index (χ3v) is 2.64. The highest BCUT2D eigenvalue weighted by atomic mass is 79.9. The highest BCUT2D eigenvalue weighted by Gasteiger charge is 2.29. The van der Waals surface area contributed by atoms with Crippen molar-refractivity contribution < 1.29 is 20.1 Å². The van der Waals surface area contributed by atoms with E-state index in [1.807, 2.05) is 0 Å². The molecule has 0 unspecified atom stereocenters. The monoisotopic (exact) mass is 274 g/mol. The van der Waals surface area contributed by atoms with Crippen LogP contribution in [0.3, 0.4) is 0 Å². The van der Waals surface area contributed by atoms with Gasteiger partial charge in [0.2, 0.25) is 0 Å². The molecule has 0 radical (unpaired) electrons. The van der Waals surface area contributed by atoms with E-state index in [0.29, 0.717) is 5.56 Å². The van der Waals surface area contributed by atoms with Crippen LogP contribution in [0, 0.1) is 0 Å². The van der Waals surface area contributed by atoms with Gasteiger partial charge in [0.1, 0.15) is 4.32 Å². The number of phenolic OH excluding ortho intramolecular Hbond substituents is 2. The molecule has 15 heavy (non-hydrogen) atoms. The highest BCUT2D eigenvalue weighted by molar-refractivity contribution is 9.10. The lowest BCUT2D eigenvalue weighted by atomic mass is 10.0. The number of aliphatic carboxylic acids is 1. The standard InChI is InChI=1S/C10H11BrO4/c1-10(11,9(14)15)5-6-2-3-7(12)8(13)4-6/h2-4,12-13H,5H2,1H3,(H,14,15)/t10-/m0/s1. The number of benzene rings is 1. The number of carboxylic acid groups (broad SMARTS) is 1. The molecule has 0 aromatic heterocycles. The number of hydrogen-bond acceptors (Lipinski definition) is 3. The summed E-state index contributed by atoms with van der Waals surface area (Å²) in [6.07, 6.45) is 0.218. The fourth-order valence-electron chi connectivity index (χ4n) is 1.14. The van der Waals surface area contributed by atoms with Gasteiger partial charge in [-0.3, -0.25) is 4.79 Å². The quantitative estimate of drug-likeness (QED) is 0.581. The summed E-state index contributed by atoms with van der Waals surface area (Å²) in [5.41, 5.74) is 0.632. The molecule has 0 fully saturated rings. The van der Waals surface area contributed by atoms with Crippen molar-refractivity contribution in [2.75, 3.05) is 0 Å². The molecule has 82 valence electrons. The van der Waals surface area contributed by atoms with Crippen molar-refractivity contribution in [3.63, 3.8) is 0 Å². The van der Waals surface area contributed by atoms with Crippen molar-refractivity contribution in [2.24, 2.45) is 0 Å². The Morgan fingerprint density at radius 2 is 2.00 bits per heavy atom. The van der Waals surface area contributed by atoms with Crippen molar-refractivity contribution in [3.05, 3.63) is 23.8 Å². The molecular formula is C10H11BrO4. The number of halogens is 1. The molecule has 0 spiro atoms. The maximum absolute atomic E-state index is 10.8. The number of alkyl halides is 1. The first kappa shape index (κ1) is 11.8. The predicted octanol–water partition coefficient (Wildman–Crippen LogP) is 1.88. The molecule has 0 saturated heterocycles. The van der Waals surface area contributed by atoms with Gasteiger partial charge in [0.15, 0.2) is 11.5 Å². The molecule has 4 nitrogen and oxygen atoms in total. The Kier molecular flexibility index (Phi) is 3.24. The Hall–Kier alpha value is -1.23. The van der Waals surface area contributed by atoms with Crippen LogP contribution in [0.5, 0.6) is 11.5 Å². The molecule has 1 atom stereocenters. The molecule has 0 aliphatic rings. The Balaban J connectivity index is 2.91. The van der Waals surface area contributed by atoms with E-state index < -0.39 is 10.3 Å². The van der Waals surface area contributed by atoms with Gasteiger partial charge in [0, 0.05) is 0 Å². The van der Waals surface area contributed by atoms with Crippen LogP contribution in [0.25, 0.3) is 0 Å². The molecular weight excluding hydrogens is 264 g/mol. The number of phenols is 2. The fourth-order valence-corrected chi connectivity index (χ4v) is 1.46. The zero-order valence-corrected chi connectivity index (χ0v) is 9.65. The van der Waals surface area contributed by atoms with Gasteiger partial charge in [-0.15, -0.1) is 0 Å². The van der Waals surface area contributed by atoms with Gasteiger partial charge in [0.05, 0.1) is 0 Å². The van der Waals surface area contributed by atoms with Gasteiger partial charge >= 0.3 is 5.97 Å². The lowest BCUT2D eigenvalue weighted by Crippen LogP contribution is -2.30. The van der Waals surface area contributed by atoms with E-state index in [1.54, 1.807) is 6.07 Å². The molecule has 5 heteroatoms. The normalized spacial score (nSPS) is 14.5. The van der Waals surface area contributed by atoms with Crippen molar-refractivity contribution >= 4 is 21.9 Å². The summed E-state index contributed by atoms with van der Waals surface area (Å²) in [4.78, 5) is 10.8. The maximum atomic E-state index is 10.8. The van der Waals surface area contributed by atoms with Crippen LogP contribution in [0.4, 0.5) is 0 Å². The van der Waals surface area contributed by atoms with Crippen LogP contribution in [0.15, 0.2) is 18.2 Å². The van der Waals surface area contributed by atoms with Crippen molar-refractivity contribution in [1.82, 2.24) is 0 Å². The van der Waals surface area contributed by atoms with Crippen LogP contribution in [-0.4, -0.2) is 25.6 Å². The smallest absolute Gasteiger partial charge is 0.320 e. The van der Waals surface area contributed by atoms with E-state index in [0.717, 1.165) is 0 Å². The first-order valence-electron chi connectivity index (χ1n) is 4.26. The Morgan fingerprint density at radius 3 is 2.47 bits per heavy atom. The maximum Gasteiger partial charge on any atom is 0.320 e. The third kappa shape index (κ3) is 2.86. The van der Waals surface area contributed by atoms with Gasteiger partial charge in [0.25, 0.3) is 0 Å². The fraction of sp³-hybridized carbons (Fsp3) is 0.300. The molecule has 0 heterocycles. The second-order valence-corrected chi connectivity index (χ2v) is 5.25. The molecule has 3 N–H and O–H groups in total. The summed E-state index contributed by atoms with van der Waals surface area (Å²) in [6.45, 7) is 1.53. The number of carbonyl (C=O) groups is 1. The predicted molar refractivity (Wildman–Crippen MR) is 58.4 cm³/mol. The third-order valence-electron chi connectivity index (χ3n) is 2.02. The van der Waals surface area contributed by atoms with Gasteiger partial charge in [-0.2, -0.15) is 0 Å². The zero-order valence-electron chi connectivity index (χ0n) is 8.07. The van der Waals surface area contributed by atoms with Crippen molar-refractivity contribution in [3.8, 4) is 11.5 Å². The second-order valence-electron chi connectivity index (χ2n) is 3.50.